The molecule has 4 rings (SSSR count). The van der Waals surface area contributed by atoms with E-state index in [0.717, 1.165) is 68.3 Å². The number of carbonyl (C=O) groups excluding carboxylic acids is 1. The van der Waals surface area contributed by atoms with Gasteiger partial charge in [-0.25, -0.2) is 9.78 Å². The number of rotatable bonds is 5. The van der Waals surface area contributed by atoms with Gasteiger partial charge in [0.1, 0.15) is 28.5 Å². The highest BCUT2D eigenvalue weighted by molar-refractivity contribution is 7.99. The number of ether oxygens (including phenoxy) is 2. The zero-order valence-electron chi connectivity index (χ0n) is 20.4. The Balaban J connectivity index is 1.81. The van der Waals surface area contributed by atoms with E-state index in [1.165, 1.54) is 18.2 Å². The van der Waals surface area contributed by atoms with E-state index in [0.29, 0.717) is 10.6 Å². The molecule has 11 heteroatoms. The minimum absolute atomic E-state index is 0.0686. The fourth-order valence-corrected chi connectivity index (χ4v) is 5.61. The maximum atomic E-state index is 13.9. The van der Waals surface area contributed by atoms with Crippen molar-refractivity contribution in [2.24, 2.45) is 5.73 Å². The van der Waals surface area contributed by atoms with Gasteiger partial charge in [-0.1, -0.05) is 36.4 Å². The maximum absolute atomic E-state index is 13.9. The second-order valence-electron chi connectivity index (χ2n) is 8.75. The first-order chi connectivity index (χ1) is 18.2. The Morgan fingerprint density at radius 1 is 1.21 bits per heavy atom. The summed E-state index contributed by atoms with van der Waals surface area (Å²) in [7, 11) is 1.09. The number of methoxy groups -OCH3 is 1. The number of benzene rings is 1. The van der Waals surface area contributed by atoms with Crippen LogP contribution < -0.4 is 5.73 Å². The molecule has 196 valence electrons. The van der Waals surface area contributed by atoms with Crippen molar-refractivity contribution in [1.82, 2.24) is 4.98 Å². The van der Waals surface area contributed by atoms with Crippen molar-refractivity contribution >= 4 is 17.7 Å². The summed E-state index contributed by atoms with van der Waals surface area (Å²) in [5.41, 5.74) is 6.33. The summed E-state index contributed by atoms with van der Waals surface area (Å²) < 4.78 is 52.3. The highest BCUT2D eigenvalue weighted by Gasteiger charge is 2.42. The maximum Gasteiger partial charge on any atom is 0.416 e. The molecule has 1 aromatic carbocycles. The lowest BCUT2D eigenvalue weighted by Gasteiger charge is -2.29. The van der Waals surface area contributed by atoms with Crippen molar-refractivity contribution in [3.8, 4) is 12.1 Å². The number of thioether (sulfide) groups is 1. The summed E-state index contributed by atoms with van der Waals surface area (Å²) in [4.78, 5) is 17.7. The van der Waals surface area contributed by atoms with E-state index in [9.17, 15) is 28.5 Å². The second kappa shape index (κ2) is 11.2. The van der Waals surface area contributed by atoms with Crippen molar-refractivity contribution in [2.45, 2.75) is 49.2 Å². The molecule has 1 aromatic heterocycles. The fraction of sp³-hybridized carbons (Fsp3) is 0.333. The van der Waals surface area contributed by atoms with Gasteiger partial charge in [0.05, 0.1) is 35.5 Å². The molecule has 1 aliphatic heterocycles. The number of hydrogen-bond acceptors (Lipinski definition) is 8. The van der Waals surface area contributed by atoms with E-state index in [4.69, 9.17) is 20.2 Å². The Bertz CT molecular complexity index is 1420. The molecule has 38 heavy (non-hydrogen) atoms. The van der Waals surface area contributed by atoms with Crippen molar-refractivity contribution < 1.29 is 27.4 Å². The summed E-state index contributed by atoms with van der Waals surface area (Å²) in [6.07, 6.45) is -0.0798. The number of hydrogen-bond donors (Lipinski definition) is 1. The van der Waals surface area contributed by atoms with Crippen LogP contribution in [0.15, 0.2) is 58.1 Å². The summed E-state index contributed by atoms with van der Waals surface area (Å²) >= 11 is 1.10. The number of aryl methyl sites for hydroxylation is 2. The standard InChI is InChI=1S/C27H23F3N4O3S/c1-36-26(35)23-21(14-38-25-16(12-31)11-15-7-3-2-4-10-20(15)34-25)37-24(33)18(13-32)22(23)17-8-5-6-9-19(17)27(28,29)30/h5-6,8-9,11,22H,2-4,7,10,14,33H2,1H3/t22-/m0/s1. The van der Waals surface area contributed by atoms with Crippen LogP contribution in [0.4, 0.5) is 13.2 Å². The number of pyridine rings is 1. The Morgan fingerprint density at radius 2 is 1.95 bits per heavy atom. The monoisotopic (exact) mass is 540 g/mol. The van der Waals surface area contributed by atoms with E-state index in [1.807, 2.05) is 6.07 Å². The molecule has 0 saturated heterocycles. The molecular formula is C27H23F3N4O3S. The van der Waals surface area contributed by atoms with Gasteiger partial charge < -0.3 is 15.2 Å². The van der Waals surface area contributed by atoms with Crippen LogP contribution in [0, 0.1) is 22.7 Å². The van der Waals surface area contributed by atoms with Gasteiger partial charge in [0.15, 0.2) is 0 Å². The smallest absolute Gasteiger partial charge is 0.416 e. The first-order valence-corrected chi connectivity index (χ1v) is 12.8. The number of nitrogens with two attached hydrogens (primary N) is 1. The number of nitrogens with zero attached hydrogens (tertiary/aromatic N) is 3. The van der Waals surface area contributed by atoms with Gasteiger partial charge in [-0.05, 0) is 48.9 Å². The molecule has 2 aliphatic rings. The van der Waals surface area contributed by atoms with Crippen LogP contribution in [-0.2, 0) is 33.3 Å². The van der Waals surface area contributed by atoms with Gasteiger partial charge in [-0.15, -0.1) is 0 Å². The number of fused-ring (bicyclic) bond motifs is 1. The van der Waals surface area contributed by atoms with Crippen LogP contribution in [0.3, 0.4) is 0 Å². The Morgan fingerprint density at radius 3 is 2.63 bits per heavy atom. The molecule has 0 amide bonds. The third-order valence-corrected chi connectivity index (χ3v) is 7.45. The van der Waals surface area contributed by atoms with Gasteiger partial charge in [0, 0.05) is 5.69 Å². The largest absolute Gasteiger partial charge is 0.466 e. The van der Waals surface area contributed by atoms with E-state index < -0.39 is 29.5 Å². The molecule has 1 atom stereocenters. The SMILES string of the molecule is COC(=O)C1=C(CSc2nc3c(cc2C#N)CCCCC3)OC(N)=C(C#N)[C@@H]1c1ccccc1C(F)(F)F. The number of aromatic nitrogens is 1. The molecule has 1 aliphatic carbocycles. The van der Waals surface area contributed by atoms with Gasteiger partial charge >= 0.3 is 12.1 Å². The molecular weight excluding hydrogens is 517 g/mol. The number of alkyl halides is 3. The van der Waals surface area contributed by atoms with Crippen LogP contribution in [0.25, 0.3) is 0 Å². The van der Waals surface area contributed by atoms with Crippen LogP contribution in [0.1, 0.15) is 53.1 Å². The number of halogens is 3. The quantitative estimate of drug-likeness (QED) is 0.309. The molecule has 2 aromatic rings. The van der Waals surface area contributed by atoms with Gasteiger partial charge in [-0.2, -0.15) is 23.7 Å². The summed E-state index contributed by atoms with van der Waals surface area (Å²) in [6, 6.07) is 10.4. The molecule has 0 spiro atoms. The van der Waals surface area contributed by atoms with Crippen molar-refractivity contribution in [1.29, 1.82) is 10.5 Å². The third kappa shape index (κ3) is 5.34. The predicted octanol–water partition coefficient (Wildman–Crippen LogP) is 5.27. The molecule has 0 saturated carbocycles. The molecule has 0 radical (unpaired) electrons. The predicted molar refractivity (Wildman–Crippen MR) is 132 cm³/mol. The zero-order chi connectivity index (χ0) is 27.4. The van der Waals surface area contributed by atoms with Crippen LogP contribution in [-0.4, -0.2) is 23.8 Å². The normalized spacial score (nSPS) is 17.6. The third-order valence-electron chi connectivity index (χ3n) is 6.46. The highest BCUT2D eigenvalue weighted by atomic mass is 32.2. The average Bonchev–Trinajstić information content (AvgIpc) is 3.14. The van der Waals surface area contributed by atoms with Gasteiger partial charge in [0.25, 0.3) is 0 Å². The Labute approximate surface area is 221 Å². The Kier molecular flexibility index (Phi) is 7.98. The number of esters is 1. The molecule has 2 N–H and O–H groups in total. The molecule has 2 heterocycles. The summed E-state index contributed by atoms with van der Waals surface area (Å²) in [5, 5.41) is 19.9. The number of allylic oxidation sites excluding steroid dienone is 1. The molecule has 0 bridgehead atoms. The fourth-order valence-electron chi connectivity index (χ4n) is 4.69. The summed E-state index contributed by atoms with van der Waals surface area (Å²) in [5.74, 6) is -2.99. The zero-order valence-corrected chi connectivity index (χ0v) is 21.2. The minimum Gasteiger partial charge on any atom is -0.466 e. The van der Waals surface area contributed by atoms with Gasteiger partial charge in [-0.3, -0.25) is 0 Å². The topological polar surface area (TPSA) is 122 Å². The van der Waals surface area contributed by atoms with Crippen molar-refractivity contribution in [3.05, 3.63) is 81.1 Å². The summed E-state index contributed by atoms with van der Waals surface area (Å²) in [6.45, 7) is 0. The Hall–Kier alpha value is -3.96. The van der Waals surface area contributed by atoms with Crippen LogP contribution in [0.5, 0.6) is 0 Å². The van der Waals surface area contributed by atoms with E-state index in [-0.39, 0.29) is 28.2 Å². The average molecular weight is 541 g/mol. The first kappa shape index (κ1) is 27.1. The van der Waals surface area contributed by atoms with Gasteiger partial charge in [0.2, 0.25) is 5.88 Å². The highest BCUT2D eigenvalue weighted by Crippen LogP contribution is 2.45. The molecule has 0 unspecified atom stereocenters. The van der Waals surface area contributed by atoms with Crippen LogP contribution in [0.2, 0.25) is 0 Å². The lowest BCUT2D eigenvalue weighted by molar-refractivity contribution is -0.139. The van der Waals surface area contributed by atoms with Crippen molar-refractivity contribution in [3.63, 3.8) is 0 Å². The lowest BCUT2D eigenvalue weighted by Crippen LogP contribution is -2.28. The first-order valence-electron chi connectivity index (χ1n) is 11.8. The molecule has 7 nitrogen and oxygen atoms in total. The number of nitriles is 2. The lowest BCUT2D eigenvalue weighted by atomic mass is 9.81. The van der Waals surface area contributed by atoms with E-state index in [2.05, 4.69) is 6.07 Å². The second-order valence-corrected chi connectivity index (χ2v) is 9.71. The minimum atomic E-state index is -4.76. The van der Waals surface area contributed by atoms with E-state index >= 15 is 0 Å². The van der Waals surface area contributed by atoms with E-state index in [1.54, 1.807) is 6.07 Å². The number of carbonyl (C=O) groups is 1. The van der Waals surface area contributed by atoms with Crippen LogP contribution >= 0.6 is 11.8 Å². The molecule has 0 fully saturated rings. The van der Waals surface area contributed by atoms with Crippen molar-refractivity contribution in [2.75, 3.05) is 12.9 Å².